The number of nitrogens with zero attached hydrogens (tertiary/aromatic N) is 1. The molecule has 0 aliphatic carbocycles. The number of halogens is 1. The largest absolute Gasteiger partial charge is 0.507 e. The van der Waals surface area contributed by atoms with Crippen LogP contribution in [-0.2, 0) is 14.4 Å². The number of ketones is 1. The Labute approximate surface area is 179 Å². The molecule has 1 fully saturated rings. The van der Waals surface area contributed by atoms with Crippen LogP contribution < -0.4 is 0 Å². The lowest BCUT2D eigenvalue weighted by Gasteiger charge is -2.25. The molecule has 1 heterocycles. The fraction of sp³-hybridized carbons (Fsp3) is 0.292. The maximum atomic E-state index is 13.9. The van der Waals surface area contributed by atoms with Crippen molar-refractivity contribution in [1.29, 1.82) is 0 Å². The highest BCUT2D eigenvalue weighted by Crippen LogP contribution is 2.39. The molecular formula is C24H24FNO5. The first-order valence-electron chi connectivity index (χ1n) is 10.1. The zero-order valence-electron chi connectivity index (χ0n) is 17.2. The molecular weight excluding hydrogens is 401 g/mol. The Morgan fingerprint density at radius 2 is 1.74 bits per heavy atom. The van der Waals surface area contributed by atoms with E-state index in [1.54, 1.807) is 30.3 Å². The van der Waals surface area contributed by atoms with E-state index in [1.165, 1.54) is 23.1 Å². The molecule has 7 heteroatoms. The van der Waals surface area contributed by atoms with Gasteiger partial charge >= 0.3 is 5.97 Å². The van der Waals surface area contributed by atoms with E-state index in [2.05, 4.69) is 0 Å². The van der Waals surface area contributed by atoms with Gasteiger partial charge in [0.25, 0.3) is 11.7 Å². The van der Waals surface area contributed by atoms with Crippen LogP contribution in [0, 0.1) is 12.7 Å². The molecule has 3 rings (SSSR count). The number of unbranched alkanes of at least 4 members (excludes halogenated alkanes) is 2. The average molecular weight is 425 g/mol. The van der Waals surface area contributed by atoms with Crippen molar-refractivity contribution in [3.63, 3.8) is 0 Å². The van der Waals surface area contributed by atoms with E-state index in [4.69, 9.17) is 5.11 Å². The minimum atomic E-state index is -0.920. The van der Waals surface area contributed by atoms with E-state index in [-0.39, 0.29) is 24.3 Å². The van der Waals surface area contributed by atoms with Crippen LogP contribution in [0.25, 0.3) is 5.76 Å². The van der Waals surface area contributed by atoms with Crippen molar-refractivity contribution < 1.29 is 29.0 Å². The molecule has 1 unspecified atom stereocenters. The fourth-order valence-electron chi connectivity index (χ4n) is 3.74. The zero-order valence-corrected chi connectivity index (χ0v) is 17.2. The Morgan fingerprint density at radius 1 is 1.03 bits per heavy atom. The van der Waals surface area contributed by atoms with Gasteiger partial charge in [-0.15, -0.1) is 0 Å². The van der Waals surface area contributed by atoms with Gasteiger partial charge in [-0.25, -0.2) is 4.39 Å². The number of aliphatic hydroxyl groups excluding tert-OH is 1. The predicted octanol–water partition coefficient (Wildman–Crippen LogP) is 4.20. The summed E-state index contributed by atoms with van der Waals surface area (Å²) >= 11 is 0. The average Bonchev–Trinajstić information content (AvgIpc) is 2.98. The summed E-state index contributed by atoms with van der Waals surface area (Å²) in [5.41, 5.74) is 1.68. The SMILES string of the molecule is Cc1ccc(C(O)=C2C(=O)C(=O)N(CCCCCC(=O)O)C2c2cccc(F)c2)cc1. The number of rotatable bonds is 8. The number of carboxylic acid groups (broad SMARTS) is 1. The summed E-state index contributed by atoms with van der Waals surface area (Å²) in [6, 6.07) is 11.6. The molecule has 0 bridgehead atoms. The van der Waals surface area contributed by atoms with Crippen molar-refractivity contribution in [1.82, 2.24) is 4.90 Å². The summed E-state index contributed by atoms with van der Waals surface area (Å²) in [7, 11) is 0. The number of carbonyl (C=O) groups is 3. The molecule has 2 aromatic carbocycles. The second-order valence-electron chi connectivity index (χ2n) is 7.62. The number of amides is 1. The van der Waals surface area contributed by atoms with Crippen molar-refractivity contribution in [3.8, 4) is 0 Å². The van der Waals surface area contributed by atoms with Gasteiger partial charge in [-0.2, -0.15) is 0 Å². The molecule has 0 aromatic heterocycles. The van der Waals surface area contributed by atoms with Gasteiger partial charge in [0.2, 0.25) is 0 Å². The Balaban J connectivity index is 1.97. The maximum Gasteiger partial charge on any atom is 0.303 e. The maximum absolute atomic E-state index is 13.9. The summed E-state index contributed by atoms with van der Waals surface area (Å²) in [6.07, 6.45) is 1.52. The quantitative estimate of drug-likeness (QED) is 0.286. The third-order valence-corrected chi connectivity index (χ3v) is 5.32. The highest BCUT2D eigenvalue weighted by molar-refractivity contribution is 6.46. The van der Waals surface area contributed by atoms with Gasteiger partial charge in [-0.1, -0.05) is 48.4 Å². The van der Waals surface area contributed by atoms with E-state index >= 15 is 0 Å². The first-order chi connectivity index (χ1) is 14.8. The van der Waals surface area contributed by atoms with Gasteiger partial charge < -0.3 is 15.1 Å². The second-order valence-corrected chi connectivity index (χ2v) is 7.62. The molecule has 1 amide bonds. The van der Waals surface area contributed by atoms with Crippen molar-refractivity contribution in [2.75, 3.05) is 6.54 Å². The van der Waals surface area contributed by atoms with Crippen LogP contribution in [-0.4, -0.2) is 39.3 Å². The number of aryl methyl sites for hydroxylation is 1. The Hall–Kier alpha value is -3.48. The van der Waals surface area contributed by atoms with Crippen LogP contribution in [0.1, 0.15) is 48.4 Å². The minimum absolute atomic E-state index is 0.0273. The molecule has 0 spiro atoms. The predicted molar refractivity (Wildman–Crippen MR) is 113 cm³/mol. The zero-order chi connectivity index (χ0) is 22.5. The van der Waals surface area contributed by atoms with Crippen molar-refractivity contribution in [3.05, 3.63) is 76.6 Å². The number of likely N-dealkylation sites (tertiary alicyclic amines) is 1. The van der Waals surface area contributed by atoms with E-state index in [0.29, 0.717) is 30.4 Å². The minimum Gasteiger partial charge on any atom is -0.507 e. The number of hydrogen-bond donors (Lipinski definition) is 2. The summed E-state index contributed by atoms with van der Waals surface area (Å²) in [5.74, 6) is -3.29. The smallest absolute Gasteiger partial charge is 0.303 e. The van der Waals surface area contributed by atoms with Gasteiger partial charge in [0.1, 0.15) is 11.6 Å². The lowest BCUT2D eigenvalue weighted by Crippen LogP contribution is -2.30. The topological polar surface area (TPSA) is 94.9 Å². The van der Waals surface area contributed by atoms with Gasteiger partial charge in [0, 0.05) is 18.5 Å². The van der Waals surface area contributed by atoms with Crippen LogP contribution in [0.3, 0.4) is 0 Å². The first kappa shape index (κ1) is 22.2. The van der Waals surface area contributed by atoms with Gasteiger partial charge in [-0.3, -0.25) is 14.4 Å². The van der Waals surface area contributed by atoms with E-state index in [1.807, 2.05) is 6.92 Å². The van der Waals surface area contributed by atoms with Crippen LogP contribution in [0.2, 0.25) is 0 Å². The Morgan fingerprint density at radius 3 is 2.39 bits per heavy atom. The molecule has 6 nitrogen and oxygen atoms in total. The summed E-state index contributed by atoms with van der Waals surface area (Å²) in [5, 5.41) is 19.7. The first-order valence-corrected chi connectivity index (χ1v) is 10.1. The number of Topliss-reactive ketones (excluding diaryl/α,β-unsaturated/α-hetero) is 1. The highest BCUT2D eigenvalue weighted by atomic mass is 19.1. The molecule has 1 atom stereocenters. The van der Waals surface area contributed by atoms with Crippen LogP contribution >= 0.6 is 0 Å². The molecule has 0 radical (unpaired) electrons. The molecule has 1 aliphatic heterocycles. The number of aliphatic hydroxyl groups is 1. The Bertz CT molecular complexity index is 1030. The van der Waals surface area contributed by atoms with Crippen molar-refractivity contribution in [2.24, 2.45) is 0 Å². The number of hydrogen-bond acceptors (Lipinski definition) is 4. The summed E-state index contributed by atoms with van der Waals surface area (Å²) in [4.78, 5) is 37.7. The van der Waals surface area contributed by atoms with Crippen molar-refractivity contribution in [2.45, 2.75) is 38.6 Å². The number of benzene rings is 2. The highest BCUT2D eigenvalue weighted by Gasteiger charge is 2.45. The monoisotopic (exact) mass is 425 g/mol. The molecule has 2 N–H and O–H groups in total. The lowest BCUT2D eigenvalue weighted by atomic mass is 9.95. The Kier molecular flexibility index (Phi) is 6.84. The second kappa shape index (κ2) is 9.55. The molecule has 0 saturated carbocycles. The molecule has 162 valence electrons. The van der Waals surface area contributed by atoms with Crippen LogP contribution in [0.4, 0.5) is 4.39 Å². The number of carbonyl (C=O) groups excluding carboxylic acids is 2. The van der Waals surface area contributed by atoms with Gasteiger partial charge in [0.15, 0.2) is 0 Å². The lowest BCUT2D eigenvalue weighted by molar-refractivity contribution is -0.140. The van der Waals surface area contributed by atoms with Crippen LogP contribution in [0.5, 0.6) is 0 Å². The summed E-state index contributed by atoms with van der Waals surface area (Å²) in [6.45, 7) is 2.08. The van der Waals surface area contributed by atoms with E-state index in [9.17, 15) is 23.9 Å². The third-order valence-electron chi connectivity index (χ3n) is 5.32. The number of aliphatic carboxylic acids is 1. The van der Waals surface area contributed by atoms with Crippen LogP contribution in [0.15, 0.2) is 54.1 Å². The van der Waals surface area contributed by atoms with E-state index in [0.717, 1.165) is 5.56 Å². The van der Waals surface area contributed by atoms with Crippen molar-refractivity contribution >= 4 is 23.4 Å². The standard InChI is InChI=1S/C24H24FNO5/c1-15-9-11-16(12-10-15)22(29)20-21(17-6-5-7-18(25)14-17)26(24(31)23(20)30)13-4-2-3-8-19(27)28/h5-7,9-12,14,21,29H,2-4,8,13H2,1H3,(H,27,28). The molecule has 1 aliphatic rings. The number of carboxylic acids is 1. The normalized spacial score (nSPS) is 17.9. The summed E-state index contributed by atoms with van der Waals surface area (Å²) < 4.78 is 13.9. The molecule has 1 saturated heterocycles. The van der Waals surface area contributed by atoms with Gasteiger partial charge in [-0.05, 0) is 37.5 Å². The van der Waals surface area contributed by atoms with E-state index < -0.39 is 29.5 Å². The third kappa shape index (κ3) is 4.99. The molecule has 2 aromatic rings. The molecule has 31 heavy (non-hydrogen) atoms. The fourth-order valence-corrected chi connectivity index (χ4v) is 3.74. The van der Waals surface area contributed by atoms with Gasteiger partial charge in [0.05, 0.1) is 11.6 Å².